The number of carbonyl (C=O) groups is 2. The van der Waals surface area contributed by atoms with Crippen molar-refractivity contribution in [1.29, 1.82) is 0 Å². The molecule has 3 rings (SSSR count). The van der Waals surface area contributed by atoms with Crippen LogP contribution in [0.5, 0.6) is 11.5 Å². The van der Waals surface area contributed by atoms with Crippen molar-refractivity contribution < 1.29 is 36.8 Å². The highest BCUT2D eigenvalue weighted by molar-refractivity contribution is 7.91. The quantitative estimate of drug-likeness (QED) is 0.447. The van der Waals surface area contributed by atoms with E-state index in [0.717, 1.165) is 19.1 Å². The van der Waals surface area contributed by atoms with Crippen LogP contribution < -0.4 is 9.47 Å². The molecule has 1 N–H and O–H groups in total. The van der Waals surface area contributed by atoms with Gasteiger partial charge in [0.15, 0.2) is 16.4 Å². The number of allylic oxidation sites excluding steroid dienone is 2. The Balaban J connectivity index is 1.85. The van der Waals surface area contributed by atoms with Crippen molar-refractivity contribution in [2.75, 3.05) is 13.7 Å². The topological polar surface area (TPSA) is 116 Å². The first-order valence-electron chi connectivity index (χ1n) is 10.0. The lowest BCUT2D eigenvalue weighted by Gasteiger charge is -2.36. The Hall–Kier alpha value is -2.65. The van der Waals surface area contributed by atoms with Crippen LogP contribution in [0.1, 0.15) is 51.5 Å². The lowest BCUT2D eigenvalue weighted by molar-refractivity contribution is -0.137. The van der Waals surface area contributed by atoms with Gasteiger partial charge in [-0.1, -0.05) is 13.8 Å². The minimum Gasteiger partial charge on any atom is -0.493 e. The fourth-order valence-electron chi connectivity index (χ4n) is 3.65. The molecule has 8 nitrogen and oxygen atoms in total. The Bertz CT molecular complexity index is 1060. The maximum atomic E-state index is 12.6. The van der Waals surface area contributed by atoms with Crippen LogP contribution in [-0.2, 0) is 23.9 Å². The van der Waals surface area contributed by atoms with Crippen molar-refractivity contribution in [3.05, 3.63) is 40.0 Å². The van der Waals surface area contributed by atoms with Crippen molar-refractivity contribution in [3.8, 4) is 11.5 Å². The Kier molecular flexibility index (Phi) is 6.56. The van der Waals surface area contributed by atoms with E-state index in [1.54, 1.807) is 12.1 Å². The van der Waals surface area contributed by atoms with Gasteiger partial charge in [0.25, 0.3) is 0 Å². The molecule has 1 aromatic carbocycles. The molecule has 0 aromatic heterocycles. The first-order valence-corrected chi connectivity index (χ1v) is 11.4. The fourth-order valence-corrected chi connectivity index (χ4v) is 4.55. The molecule has 0 saturated heterocycles. The minimum absolute atomic E-state index is 0.00132. The molecule has 31 heavy (non-hydrogen) atoms. The summed E-state index contributed by atoms with van der Waals surface area (Å²) in [6.07, 6.45) is 4.04. The zero-order valence-electron chi connectivity index (χ0n) is 17.8. The van der Waals surface area contributed by atoms with Crippen molar-refractivity contribution >= 4 is 27.9 Å². The predicted molar refractivity (Wildman–Crippen MR) is 113 cm³/mol. The summed E-state index contributed by atoms with van der Waals surface area (Å²) in [5.74, 6) is -0.435. The maximum Gasteiger partial charge on any atom is 0.304 e. The molecule has 0 spiro atoms. The third-order valence-electron chi connectivity index (χ3n) is 5.31. The summed E-state index contributed by atoms with van der Waals surface area (Å²) in [5, 5.41) is 8.66. The average Bonchev–Trinajstić information content (AvgIpc) is 2.68. The first-order chi connectivity index (χ1) is 14.5. The normalized spacial score (nSPS) is 17.4. The molecule has 0 fully saturated rings. The second kappa shape index (κ2) is 8.84. The number of ketones is 1. The molecule has 1 aliphatic heterocycles. The number of Topliss-reactive ketones (excluding diaryl/α,β-unsaturated/α-hetero) is 1. The molecule has 0 radical (unpaired) electrons. The van der Waals surface area contributed by atoms with Crippen LogP contribution in [0.2, 0.25) is 0 Å². The number of unbranched alkanes of at least 4 members (excludes halogenated alkanes) is 2. The lowest BCUT2D eigenvalue weighted by atomic mass is 9.73. The number of hydrogen-bond donors (Lipinski definition) is 1. The number of carboxylic acid groups (broad SMARTS) is 1. The van der Waals surface area contributed by atoms with Crippen LogP contribution in [-0.4, -0.2) is 39.0 Å². The van der Waals surface area contributed by atoms with E-state index < -0.39 is 32.2 Å². The SMILES string of the molecule is COS(=O)(=O)C1=C2Oc3cc(OCCCCCC(=O)O)ccc3C=C2C(C)(C)CC1=O. The molecule has 0 unspecified atom stereocenters. The van der Waals surface area contributed by atoms with E-state index in [1.807, 2.05) is 26.0 Å². The average molecular weight is 451 g/mol. The zero-order valence-corrected chi connectivity index (χ0v) is 18.6. The van der Waals surface area contributed by atoms with E-state index in [9.17, 15) is 18.0 Å². The predicted octanol–water partition coefficient (Wildman–Crippen LogP) is 3.67. The van der Waals surface area contributed by atoms with Gasteiger partial charge in [0.2, 0.25) is 0 Å². The number of carbonyl (C=O) groups excluding carboxylic acids is 1. The monoisotopic (exact) mass is 450 g/mol. The van der Waals surface area contributed by atoms with Gasteiger partial charge in [0, 0.05) is 35.5 Å². The van der Waals surface area contributed by atoms with E-state index in [0.29, 0.717) is 36.5 Å². The molecule has 0 atom stereocenters. The van der Waals surface area contributed by atoms with Crippen LogP contribution in [0, 0.1) is 5.41 Å². The van der Waals surface area contributed by atoms with Crippen LogP contribution in [0.3, 0.4) is 0 Å². The van der Waals surface area contributed by atoms with Gasteiger partial charge < -0.3 is 14.6 Å². The second-order valence-electron chi connectivity index (χ2n) is 8.18. The Morgan fingerprint density at radius 3 is 2.65 bits per heavy atom. The molecule has 0 saturated carbocycles. The summed E-state index contributed by atoms with van der Waals surface area (Å²) in [7, 11) is -3.23. The second-order valence-corrected chi connectivity index (χ2v) is 9.83. The molecular formula is C22H26O8S. The Morgan fingerprint density at radius 1 is 1.23 bits per heavy atom. The molecule has 1 aliphatic carbocycles. The van der Waals surface area contributed by atoms with Gasteiger partial charge in [0.05, 0.1) is 13.7 Å². The third-order valence-corrected chi connectivity index (χ3v) is 6.66. The van der Waals surface area contributed by atoms with Crippen molar-refractivity contribution in [3.63, 3.8) is 0 Å². The number of rotatable bonds is 9. The van der Waals surface area contributed by atoms with Gasteiger partial charge in [-0.15, -0.1) is 0 Å². The number of fused-ring (bicyclic) bond motifs is 2. The fraction of sp³-hybridized carbons (Fsp3) is 0.455. The van der Waals surface area contributed by atoms with Gasteiger partial charge in [0.1, 0.15) is 11.5 Å². The van der Waals surface area contributed by atoms with E-state index in [1.165, 1.54) is 0 Å². The summed E-state index contributed by atoms with van der Waals surface area (Å²) in [6.45, 7) is 4.14. The molecular weight excluding hydrogens is 424 g/mol. The molecule has 2 aliphatic rings. The highest BCUT2D eigenvalue weighted by atomic mass is 32.2. The molecule has 9 heteroatoms. The molecule has 168 valence electrons. The first kappa shape index (κ1) is 23.0. The summed E-state index contributed by atoms with van der Waals surface area (Å²) in [4.78, 5) is 22.7. The van der Waals surface area contributed by atoms with Crippen molar-refractivity contribution in [2.45, 2.75) is 46.0 Å². The van der Waals surface area contributed by atoms with E-state index in [2.05, 4.69) is 4.18 Å². The number of carboxylic acids is 1. The summed E-state index contributed by atoms with van der Waals surface area (Å²) in [5.41, 5.74) is 0.786. The molecule has 1 heterocycles. The number of aliphatic carboxylic acids is 1. The summed E-state index contributed by atoms with van der Waals surface area (Å²) < 4.78 is 41.1. The largest absolute Gasteiger partial charge is 0.493 e. The van der Waals surface area contributed by atoms with Crippen LogP contribution in [0.15, 0.2) is 34.4 Å². The summed E-state index contributed by atoms with van der Waals surface area (Å²) >= 11 is 0. The van der Waals surface area contributed by atoms with Crippen LogP contribution in [0.4, 0.5) is 0 Å². The number of ether oxygens (including phenoxy) is 2. The van der Waals surface area contributed by atoms with Gasteiger partial charge in [-0.25, -0.2) is 0 Å². The molecule has 0 bridgehead atoms. The zero-order chi connectivity index (χ0) is 22.8. The Morgan fingerprint density at radius 2 is 1.97 bits per heavy atom. The Labute approximate surface area is 181 Å². The van der Waals surface area contributed by atoms with Crippen LogP contribution >= 0.6 is 0 Å². The minimum atomic E-state index is -4.24. The van der Waals surface area contributed by atoms with Gasteiger partial charge >= 0.3 is 16.1 Å². The van der Waals surface area contributed by atoms with E-state index in [4.69, 9.17) is 14.6 Å². The number of hydrogen-bond acceptors (Lipinski definition) is 7. The highest BCUT2D eigenvalue weighted by Gasteiger charge is 2.45. The van der Waals surface area contributed by atoms with E-state index in [-0.39, 0.29) is 18.6 Å². The van der Waals surface area contributed by atoms with E-state index >= 15 is 0 Å². The number of benzene rings is 1. The molecule has 1 aromatic rings. The standard InChI is InChI=1S/C22H26O8S/c1-22(2)13-17(23)21(31(26,27)28-3)20-16(22)11-14-8-9-15(12-18(14)30-20)29-10-6-4-5-7-19(24)25/h8-9,11-12H,4-7,10,13H2,1-3H3,(H,24,25). The molecule has 0 amide bonds. The van der Waals surface area contributed by atoms with Crippen molar-refractivity contribution in [2.24, 2.45) is 5.41 Å². The third kappa shape index (κ3) is 4.99. The van der Waals surface area contributed by atoms with Gasteiger partial charge in [-0.3, -0.25) is 13.8 Å². The highest BCUT2D eigenvalue weighted by Crippen LogP contribution is 2.48. The van der Waals surface area contributed by atoms with Gasteiger partial charge in [-0.2, -0.15) is 8.42 Å². The van der Waals surface area contributed by atoms with Crippen LogP contribution in [0.25, 0.3) is 6.08 Å². The lowest BCUT2D eigenvalue weighted by Crippen LogP contribution is -2.34. The smallest absolute Gasteiger partial charge is 0.304 e. The van der Waals surface area contributed by atoms with Gasteiger partial charge in [-0.05, 0) is 37.5 Å². The maximum absolute atomic E-state index is 12.6. The summed E-state index contributed by atoms with van der Waals surface area (Å²) in [6, 6.07) is 5.25. The van der Waals surface area contributed by atoms with Crippen molar-refractivity contribution in [1.82, 2.24) is 0 Å².